The molecule has 0 aromatic carbocycles. The highest BCUT2D eigenvalue weighted by Crippen LogP contribution is 2.26. The fourth-order valence-corrected chi connectivity index (χ4v) is 3.22. The second-order valence-electron chi connectivity index (χ2n) is 4.63. The Balaban J connectivity index is 1.69. The maximum absolute atomic E-state index is 5.45. The highest BCUT2D eigenvalue weighted by atomic mass is 32.1. The summed E-state index contributed by atoms with van der Waals surface area (Å²) in [4.78, 5) is 12.3. The molecule has 2 aromatic heterocycles. The van der Waals surface area contributed by atoms with Crippen LogP contribution in [0.2, 0.25) is 0 Å². The summed E-state index contributed by atoms with van der Waals surface area (Å²) < 4.78 is 5.45. The molecule has 1 fully saturated rings. The van der Waals surface area contributed by atoms with Crippen LogP contribution in [0.25, 0.3) is 0 Å². The SMILES string of the molecule is c1cnc(NC[C@@H](c2cccs2)N2CCOCC2)nc1. The van der Waals surface area contributed by atoms with Gasteiger partial charge >= 0.3 is 0 Å². The van der Waals surface area contributed by atoms with E-state index in [9.17, 15) is 0 Å². The van der Waals surface area contributed by atoms with Gasteiger partial charge in [0.05, 0.1) is 19.3 Å². The Bertz CT molecular complexity index is 499. The first-order chi connectivity index (χ1) is 9.93. The van der Waals surface area contributed by atoms with Gasteiger partial charge in [-0.15, -0.1) is 11.3 Å². The average Bonchev–Trinajstić information content (AvgIpc) is 3.04. The number of nitrogens with one attached hydrogen (secondary N) is 1. The number of aromatic nitrogens is 2. The Morgan fingerprint density at radius 2 is 2.05 bits per heavy atom. The van der Waals surface area contributed by atoms with E-state index in [1.54, 1.807) is 23.7 Å². The Morgan fingerprint density at radius 1 is 1.25 bits per heavy atom. The molecule has 6 heteroatoms. The van der Waals surface area contributed by atoms with E-state index in [0.717, 1.165) is 32.8 Å². The molecule has 1 atom stereocenters. The number of hydrogen-bond donors (Lipinski definition) is 1. The van der Waals surface area contributed by atoms with Gasteiger partial charge in [0.2, 0.25) is 5.95 Å². The molecule has 0 saturated carbocycles. The van der Waals surface area contributed by atoms with Crippen LogP contribution in [0.15, 0.2) is 36.0 Å². The topological polar surface area (TPSA) is 50.3 Å². The van der Waals surface area contributed by atoms with E-state index in [-0.39, 0.29) is 0 Å². The fourth-order valence-electron chi connectivity index (χ4n) is 2.36. The first-order valence-electron chi connectivity index (χ1n) is 6.79. The van der Waals surface area contributed by atoms with Crippen LogP contribution in [0.4, 0.5) is 5.95 Å². The van der Waals surface area contributed by atoms with Crippen molar-refractivity contribution in [2.24, 2.45) is 0 Å². The van der Waals surface area contributed by atoms with Crippen molar-refractivity contribution < 1.29 is 4.74 Å². The van der Waals surface area contributed by atoms with Crippen LogP contribution >= 0.6 is 11.3 Å². The molecule has 20 heavy (non-hydrogen) atoms. The highest BCUT2D eigenvalue weighted by Gasteiger charge is 2.23. The lowest BCUT2D eigenvalue weighted by Gasteiger charge is -2.34. The second kappa shape index (κ2) is 6.78. The van der Waals surface area contributed by atoms with E-state index in [4.69, 9.17) is 4.74 Å². The minimum atomic E-state index is 0.350. The van der Waals surface area contributed by atoms with Crippen molar-refractivity contribution in [1.82, 2.24) is 14.9 Å². The molecule has 3 heterocycles. The van der Waals surface area contributed by atoms with Gasteiger partial charge in [0, 0.05) is 36.9 Å². The number of ether oxygens (including phenoxy) is 1. The molecule has 1 aliphatic heterocycles. The van der Waals surface area contributed by atoms with Crippen molar-refractivity contribution in [2.75, 3.05) is 38.2 Å². The van der Waals surface area contributed by atoms with Crippen molar-refractivity contribution in [2.45, 2.75) is 6.04 Å². The first kappa shape index (κ1) is 13.5. The summed E-state index contributed by atoms with van der Waals surface area (Å²) in [6.45, 7) is 4.37. The van der Waals surface area contributed by atoms with Crippen LogP contribution < -0.4 is 5.32 Å². The normalized spacial score (nSPS) is 17.8. The van der Waals surface area contributed by atoms with E-state index in [1.165, 1.54) is 4.88 Å². The quantitative estimate of drug-likeness (QED) is 0.913. The number of nitrogens with zero attached hydrogens (tertiary/aromatic N) is 3. The van der Waals surface area contributed by atoms with Crippen LogP contribution in [0.1, 0.15) is 10.9 Å². The van der Waals surface area contributed by atoms with Crippen LogP contribution in [0.5, 0.6) is 0 Å². The molecule has 106 valence electrons. The summed E-state index contributed by atoms with van der Waals surface area (Å²) >= 11 is 1.80. The van der Waals surface area contributed by atoms with E-state index in [0.29, 0.717) is 12.0 Å². The summed E-state index contributed by atoms with van der Waals surface area (Å²) in [7, 11) is 0. The largest absolute Gasteiger partial charge is 0.379 e. The number of hydrogen-bond acceptors (Lipinski definition) is 6. The van der Waals surface area contributed by atoms with Gasteiger partial charge in [-0.1, -0.05) is 6.07 Å². The molecule has 0 radical (unpaired) electrons. The van der Waals surface area contributed by atoms with Gasteiger partial charge in [-0.25, -0.2) is 9.97 Å². The molecule has 0 unspecified atom stereocenters. The molecule has 2 aromatic rings. The third-order valence-corrected chi connectivity index (χ3v) is 4.35. The van der Waals surface area contributed by atoms with Gasteiger partial charge in [0.1, 0.15) is 0 Å². The Morgan fingerprint density at radius 3 is 2.75 bits per heavy atom. The summed E-state index contributed by atoms with van der Waals surface area (Å²) in [5.74, 6) is 0.683. The number of anilines is 1. The Labute approximate surface area is 122 Å². The lowest BCUT2D eigenvalue weighted by Crippen LogP contribution is -2.41. The summed E-state index contributed by atoms with van der Waals surface area (Å²) in [5, 5.41) is 5.46. The van der Waals surface area contributed by atoms with Gasteiger partial charge < -0.3 is 10.1 Å². The zero-order chi connectivity index (χ0) is 13.6. The average molecular weight is 290 g/mol. The Kier molecular flexibility index (Phi) is 4.57. The molecule has 1 saturated heterocycles. The molecule has 1 N–H and O–H groups in total. The monoisotopic (exact) mass is 290 g/mol. The molecule has 0 bridgehead atoms. The van der Waals surface area contributed by atoms with Gasteiger partial charge in [-0.2, -0.15) is 0 Å². The van der Waals surface area contributed by atoms with E-state index in [2.05, 4.69) is 37.7 Å². The standard InChI is InChI=1S/C14H18N4OS/c1-3-13(20-10-1)12(18-6-8-19-9-7-18)11-17-14-15-4-2-5-16-14/h1-5,10,12H,6-9,11H2,(H,15,16,17)/t12-/m0/s1. The molecule has 0 aliphatic carbocycles. The maximum Gasteiger partial charge on any atom is 0.222 e. The first-order valence-corrected chi connectivity index (χ1v) is 7.67. The van der Waals surface area contributed by atoms with Crippen molar-refractivity contribution in [3.8, 4) is 0 Å². The third-order valence-electron chi connectivity index (χ3n) is 3.38. The van der Waals surface area contributed by atoms with Crippen LogP contribution in [0.3, 0.4) is 0 Å². The second-order valence-corrected chi connectivity index (χ2v) is 5.61. The van der Waals surface area contributed by atoms with E-state index >= 15 is 0 Å². The van der Waals surface area contributed by atoms with Crippen LogP contribution in [-0.4, -0.2) is 47.7 Å². The highest BCUT2D eigenvalue weighted by molar-refractivity contribution is 7.10. The number of morpholine rings is 1. The van der Waals surface area contributed by atoms with Crippen molar-refractivity contribution >= 4 is 17.3 Å². The van der Waals surface area contributed by atoms with Gasteiger partial charge in [-0.05, 0) is 17.5 Å². The maximum atomic E-state index is 5.45. The summed E-state index contributed by atoms with van der Waals surface area (Å²) in [6, 6.07) is 6.47. The minimum absolute atomic E-state index is 0.350. The van der Waals surface area contributed by atoms with E-state index < -0.39 is 0 Å². The molecule has 0 amide bonds. The molecule has 3 rings (SSSR count). The number of thiophene rings is 1. The number of rotatable bonds is 5. The minimum Gasteiger partial charge on any atom is -0.379 e. The van der Waals surface area contributed by atoms with Gasteiger partial charge in [0.25, 0.3) is 0 Å². The Hall–Kier alpha value is -1.50. The third kappa shape index (κ3) is 3.33. The molecular formula is C14H18N4OS. The molecule has 0 spiro atoms. The summed E-state index contributed by atoms with van der Waals surface area (Å²) in [5.41, 5.74) is 0. The van der Waals surface area contributed by atoms with Crippen molar-refractivity contribution in [3.05, 3.63) is 40.8 Å². The van der Waals surface area contributed by atoms with Crippen molar-refractivity contribution in [3.63, 3.8) is 0 Å². The predicted molar refractivity (Wildman–Crippen MR) is 80.0 cm³/mol. The van der Waals surface area contributed by atoms with Gasteiger partial charge in [0.15, 0.2) is 0 Å². The zero-order valence-corrected chi connectivity index (χ0v) is 12.1. The molecular weight excluding hydrogens is 272 g/mol. The summed E-state index contributed by atoms with van der Waals surface area (Å²) in [6.07, 6.45) is 3.51. The predicted octanol–water partition coefficient (Wildman–Crippen LogP) is 2.02. The zero-order valence-electron chi connectivity index (χ0n) is 11.2. The van der Waals surface area contributed by atoms with Crippen LogP contribution in [-0.2, 0) is 4.74 Å². The van der Waals surface area contributed by atoms with Crippen LogP contribution in [0, 0.1) is 0 Å². The van der Waals surface area contributed by atoms with Crippen molar-refractivity contribution in [1.29, 1.82) is 0 Å². The lowest BCUT2D eigenvalue weighted by molar-refractivity contribution is 0.0193. The fraction of sp³-hybridized carbons (Fsp3) is 0.429. The van der Waals surface area contributed by atoms with Gasteiger partial charge in [-0.3, -0.25) is 4.90 Å². The lowest BCUT2D eigenvalue weighted by atomic mass is 10.2. The molecule has 5 nitrogen and oxygen atoms in total. The van der Waals surface area contributed by atoms with E-state index in [1.807, 2.05) is 6.07 Å². The smallest absolute Gasteiger partial charge is 0.222 e. The molecule has 1 aliphatic rings.